The molecule has 1 aliphatic rings. The Kier molecular flexibility index (Phi) is 5.52. The van der Waals surface area contributed by atoms with Gasteiger partial charge in [-0.05, 0) is 31.5 Å². The van der Waals surface area contributed by atoms with E-state index in [2.05, 4.69) is 59.9 Å². The first-order valence-electron chi connectivity index (χ1n) is 7.30. The van der Waals surface area contributed by atoms with Gasteiger partial charge in [0.1, 0.15) is 5.82 Å². The van der Waals surface area contributed by atoms with Gasteiger partial charge in [0.15, 0.2) is 0 Å². The molecule has 106 valence electrons. The Hall–Kier alpha value is -0.740. The first-order valence-corrected chi connectivity index (χ1v) is 8.35. The SMILES string of the molecule is CCNC(C)c1ccc(N2CCSC(CC)C2)nc1. The fourth-order valence-electron chi connectivity index (χ4n) is 2.44. The van der Waals surface area contributed by atoms with Crippen LogP contribution in [0.3, 0.4) is 0 Å². The summed E-state index contributed by atoms with van der Waals surface area (Å²) >= 11 is 2.10. The molecule has 2 atom stereocenters. The molecule has 2 rings (SSSR count). The van der Waals surface area contributed by atoms with Crippen LogP contribution in [0.1, 0.15) is 38.8 Å². The van der Waals surface area contributed by atoms with E-state index in [4.69, 9.17) is 0 Å². The van der Waals surface area contributed by atoms with E-state index in [0.29, 0.717) is 6.04 Å². The van der Waals surface area contributed by atoms with Crippen LogP contribution in [0.5, 0.6) is 0 Å². The van der Waals surface area contributed by atoms with E-state index in [0.717, 1.165) is 30.7 Å². The van der Waals surface area contributed by atoms with E-state index >= 15 is 0 Å². The molecule has 0 amide bonds. The topological polar surface area (TPSA) is 28.2 Å². The predicted molar refractivity (Wildman–Crippen MR) is 85.1 cm³/mol. The molecule has 1 N–H and O–H groups in total. The Labute approximate surface area is 121 Å². The maximum atomic E-state index is 4.65. The summed E-state index contributed by atoms with van der Waals surface area (Å²) in [6.07, 6.45) is 3.27. The van der Waals surface area contributed by atoms with Crippen LogP contribution in [0.2, 0.25) is 0 Å². The Bertz CT molecular complexity index is 379. The molecule has 0 saturated carbocycles. The summed E-state index contributed by atoms with van der Waals surface area (Å²) in [6, 6.07) is 4.76. The van der Waals surface area contributed by atoms with Crippen LogP contribution in [0.4, 0.5) is 5.82 Å². The van der Waals surface area contributed by atoms with Gasteiger partial charge in [0.25, 0.3) is 0 Å². The zero-order chi connectivity index (χ0) is 13.7. The molecule has 0 aliphatic carbocycles. The van der Waals surface area contributed by atoms with Crippen LogP contribution in [0.15, 0.2) is 18.3 Å². The number of rotatable bonds is 5. The lowest BCUT2D eigenvalue weighted by molar-refractivity contribution is 0.596. The Morgan fingerprint density at radius 3 is 2.95 bits per heavy atom. The van der Waals surface area contributed by atoms with Crippen molar-refractivity contribution in [2.45, 2.75) is 38.5 Å². The lowest BCUT2D eigenvalue weighted by Gasteiger charge is -2.32. The van der Waals surface area contributed by atoms with Crippen molar-refractivity contribution in [2.75, 3.05) is 30.3 Å². The summed E-state index contributed by atoms with van der Waals surface area (Å²) in [5.41, 5.74) is 1.27. The molecule has 0 bridgehead atoms. The minimum atomic E-state index is 0.381. The minimum Gasteiger partial charge on any atom is -0.355 e. The molecular weight excluding hydrogens is 254 g/mol. The first kappa shape index (κ1) is 14.7. The second-order valence-electron chi connectivity index (χ2n) is 5.08. The Morgan fingerprint density at radius 1 is 1.47 bits per heavy atom. The number of pyridine rings is 1. The minimum absolute atomic E-state index is 0.381. The van der Waals surface area contributed by atoms with Crippen molar-refractivity contribution in [3.8, 4) is 0 Å². The molecule has 1 saturated heterocycles. The smallest absolute Gasteiger partial charge is 0.128 e. The fraction of sp³-hybridized carbons (Fsp3) is 0.667. The Balaban J connectivity index is 2.01. The molecule has 2 heterocycles. The lowest BCUT2D eigenvalue weighted by Crippen LogP contribution is -2.38. The summed E-state index contributed by atoms with van der Waals surface area (Å²) < 4.78 is 0. The highest BCUT2D eigenvalue weighted by Crippen LogP contribution is 2.25. The number of nitrogens with zero attached hydrogens (tertiary/aromatic N) is 2. The van der Waals surface area contributed by atoms with E-state index in [1.165, 1.54) is 17.7 Å². The fourth-order valence-corrected chi connectivity index (χ4v) is 3.62. The predicted octanol–water partition coefficient (Wildman–Crippen LogP) is 3.08. The van der Waals surface area contributed by atoms with Crippen LogP contribution in [0, 0.1) is 0 Å². The summed E-state index contributed by atoms with van der Waals surface area (Å²) in [6.45, 7) is 9.84. The van der Waals surface area contributed by atoms with E-state index in [1.54, 1.807) is 0 Å². The molecule has 1 aromatic rings. The molecule has 1 fully saturated rings. The van der Waals surface area contributed by atoms with Gasteiger partial charge in [-0.25, -0.2) is 4.98 Å². The molecule has 19 heavy (non-hydrogen) atoms. The number of hydrogen-bond donors (Lipinski definition) is 1. The maximum Gasteiger partial charge on any atom is 0.128 e. The van der Waals surface area contributed by atoms with Crippen molar-refractivity contribution in [1.82, 2.24) is 10.3 Å². The van der Waals surface area contributed by atoms with Gasteiger partial charge in [-0.1, -0.05) is 19.9 Å². The third-order valence-corrected chi connectivity index (χ3v) is 5.07. The molecule has 1 aromatic heterocycles. The molecule has 0 aromatic carbocycles. The lowest BCUT2D eigenvalue weighted by atomic mass is 10.1. The van der Waals surface area contributed by atoms with Gasteiger partial charge in [0.2, 0.25) is 0 Å². The highest BCUT2D eigenvalue weighted by molar-refractivity contribution is 8.00. The second-order valence-corrected chi connectivity index (χ2v) is 6.48. The maximum absolute atomic E-state index is 4.65. The van der Waals surface area contributed by atoms with Crippen LogP contribution in [-0.2, 0) is 0 Å². The highest BCUT2D eigenvalue weighted by Gasteiger charge is 2.19. The van der Waals surface area contributed by atoms with Gasteiger partial charge < -0.3 is 10.2 Å². The normalized spacial score (nSPS) is 21.4. The van der Waals surface area contributed by atoms with Gasteiger partial charge >= 0.3 is 0 Å². The van der Waals surface area contributed by atoms with Crippen molar-refractivity contribution >= 4 is 17.6 Å². The summed E-state index contributed by atoms with van der Waals surface area (Å²) in [4.78, 5) is 7.07. The monoisotopic (exact) mass is 279 g/mol. The van der Waals surface area contributed by atoms with Gasteiger partial charge in [0.05, 0.1) is 0 Å². The third kappa shape index (κ3) is 3.86. The average molecular weight is 279 g/mol. The third-order valence-electron chi connectivity index (χ3n) is 3.70. The molecule has 3 nitrogen and oxygen atoms in total. The van der Waals surface area contributed by atoms with Gasteiger partial charge in [-0.3, -0.25) is 0 Å². The molecule has 2 unspecified atom stereocenters. The molecule has 1 aliphatic heterocycles. The molecule has 0 spiro atoms. The molecule has 4 heteroatoms. The van der Waals surface area contributed by atoms with E-state index < -0.39 is 0 Å². The number of hydrogen-bond acceptors (Lipinski definition) is 4. The van der Waals surface area contributed by atoms with E-state index in [9.17, 15) is 0 Å². The van der Waals surface area contributed by atoms with Crippen molar-refractivity contribution in [3.05, 3.63) is 23.9 Å². The quantitative estimate of drug-likeness (QED) is 0.896. The van der Waals surface area contributed by atoms with Gasteiger partial charge in [-0.15, -0.1) is 0 Å². The zero-order valence-electron chi connectivity index (χ0n) is 12.2. The van der Waals surface area contributed by atoms with Crippen LogP contribution in [-0.4, -0.2) is 35.6 Å². The number of anilines is 1. The summed E-state index contributed by atoms with van der Waals surface area (Å²) in [7, 11) is 0. The van der Waals surface area contributed by atoms with E-state index in [1.807, 2.05) is 6.20 Å². The standard InChI is InChI=1S/C15H25N3S/c1-4-14-11-18(8-9-19-14)15-7-6-13(10-17-15)12(3)16-5-2/h6-7,10,12,14,16H,4-5,8-9,11H2,1-3H3. The summed E-state index contributed by atoms with van der Waals surface area (Å²) in [5, 5.41) is 4.18. The zero-order valence-corrected chi connectivity index (χ0v) is 13.0. The van der Waals surface area contributed by atoms with Crippen molar-refractivity contribution < 1.29 is 0 Å². The van der Waals surface area contributed by atoms with E-state index in [-0.39, 0.29) is 0 Å². The average Bonchev–Trinajstić information content (AvgIpc) is 2.48. The van der Waals surface area contributed by atoms with Crippen LogP contribution < -0.4 is 10.2 Å². The van der Waals surface area contributed by atoms with Crippen molar-refractivity contribution in [3.63, 3.8) is 0 Å². The van der Waals surface area contributed by atoms with Gasteiger partial charge in [-0.2, -0.15) is 11.8 Å². The first-order chi connectivity index (χ1) is 9.24. The van der Waals surface area contributed by atoms with Crippen LogP contribution >= 0.6 is 11.8 Å². The van der Waals surface area contributed by atoms with Crippen molar-refractivity contribution in [2.24, 2.45) is 0 Å². The number of nitrogens with one attached hydrogen (secondary N) is 1. The molecule has 0 radical (unpaired) electrons. The largest absolute Gasteiger partial charge is 0.355 e. The Morgan fingerprint density at radius 2 is 2.32 bits per heavy atom. The number of thioether (sulfide) groups is 1. The summed E-state index contributed by atoms with van der Waals surface area (Å²) in [5.74, 6) is 2.35. The van der Waals surface area contributed by atoms with Crippen LogP contribution in [0.25, 0.3) is 0 Å². The molecular formula is C15H25N3S. The second kappa shape index (κ2) is 7.15. The highest BCUT2D eigenvalue weighted by atomic mass is 32.2. The van der Waals surface area contributed by atoms with Gasteiger partial charge in [0, 0.05) is 36.3 Å². The number of aromatic nitrogens is 1. The van der Waals surface area contributed by atoms with Crippen molar-refractivity contribution in [1.29, 1.82) is 0 Å².